The van der Waals surface area contributed by atoms with Crippen LogP contribution in [-0.2, 0) is 13.2 Å². The lowest BCUT2D eigenvalue weighted by atomic mass is 9.79. The van der Waals surface area contributed by atoms with E-state index in [0.29, 0.717) is 11.8 Å². The number of hydrogen-bond acceptors (Lipinski definition) is 3. The molecule has 1 aliphatic carbocycles. The number of rotatable bonds is 7. The van der Waals surface area contributed by atoms with E-state index in [0.717, 1.165) is 24.1 Å². The first-order chi connectivity index (χ1) is 10.2. The van der Waals surface area contributed by atoms with Gasteiger partial charge in [0, 0.05) is 12.5 Å². The summed E-state index contributed by atoms with van der Waals surface area (Å²) >= 11 is 0. The Balaban J connectivity index is 2.01. The summed E-state index contributed by atoms with van der Waals surface area (Å²) in [5.41, 5.74) is 0. The van der Waals surface area contributed by atoms with Gasteiger partial charge in [-0.3, -0.25) is 0 Å². The van der Waals surface area contributed by atoms with Crippen LogP contribution in [0.2, 0.25) is 0 Å². The third-order valence-electron chi connectivity index (χ3n) is 4.72. The highest BCUT2D eigenvalue weighted by atomic mass is 16.3. The molecule has 1 fully saturated rings. The standard InChI is InChI=1S/C17H31N3O/c1-4-5-6-14-7-9-15(10-8-14)17-19-18-16(12-21)20(17)11-13(2)3/h13-15,21H,4-12H2,1-3H3. The van der Waals surface area contributed by atoms with Crippen molar-refractivity contribution in [3.63, 3.8) is 0 Å². The lowest BCUT2D eigenvalue weighted by Crippen LogP contribution is -2.19. The van der Waals surface area contributed by atoms with Crippen LogP contribution in [0.3, 0.4) is 0 Å². The van der Waals surface area contributed by atoms with Crippen LogP contribution in [0.4, 0.5) is 0 Å². The minimum absolute atomic E-state index is 0.00837. The summed E-state index contributed by atoms with van der Waals surface area (Å²) in [7, 11) is 0. The molecule has 1 aromatic heterocycles. The van der Waals surface area contributed by atoms with Gasteiger partial charge >= 0.3 is 0 Å². The molecule has 21 heavy (non-hydrogen) atoms. The van der Waals surface area contributed by atoms with Gasteiger partial charge in [-0.15, -0.1) is 10.2 Å². The predicted molar refractivity (Wildman–Crippen MR) is 85.0 cm³/mol. The average Bonchev–Trinajstić information content (AvgIpc) is 2.87. The van der Waals surface area contributed by atoms with E-state index >= 15 is 0 Å². The zero-order chi connectivity index (χ0) is 15.2. The van der Waals surface area contributed by atoms with E-state index in [1.54, 1.807) is 0 Å². The Labute approximate surface area is 129 Å². The normalized spacial score (nSPS) is 22.9. The van der Waals surface area contributed by atoms with Crippen molar-refractivity contribution >= 4 is 0 Å². The molecule has 0 unspecified atom stereocenters. The van der Waals surface area contributed by atoms with Crippen molar-refractivity contribution in [1.82, 2.24) is 14.8 Å². The Kier molecular flexibility index (Phi) is 6.22. The van der Waals surface area contributed by atoms with Gasteiger partial charge in [0.05, 0.1) is 0 Å². The Bertz CT molecular complexity index is 420. The highest BCUT2D eigenvalue weighted by molar-refractivity contribution is 5.03. The third kappa shape index (κ3) is 4.29. The zero-order valence-corrected chi connectivity index (χ0v) is 13.9. The monoisotopic (exact) mass is 293 g/mol. The van der Waals surface area contributed by atoms with E-state index in [4.69, 9.17) is 0 Å². The summed E-state index contributed by atoms with van der Waals surface area (Å²) in [6, 6.07) is 0. The number of unbranched alkanes of at least 4 members (excludes halogenated alkanes) is 1. The van der Waals surface area contributed by atoms with Crippen LogP contribution in [0, 0.1) is 11.8 Å². The number of aliphatic hydroxyl groups excluding tert-OH is 1. The Hall–Kier alpha value is -0.900. The van der Waals surface area contributed by atoms with Crippen molar-refractivity contribution in [1.29, 1.82) is 0 Å². The lowest BCUT2D eigenvalue weighted by Gasteiger charge is -2.28. The molecule has 2 rings (SSSR count). The summed E-state index contributed by atoms with van der Waals surface area (Å²) in [4.78, 5) is 0. The molecule has 1 heterocycles. The van der Waals surface area contributed by atoms with Crippen molar-refractivity contribution in [2.75, 3.05) is 0 Å². The van der Waals surface area contributed by atoms with E-state index < -0.39 is 0 Å². The molecule has 4 heteroatoms. The molecule has 0 atom stereocenters. The summed E-state index contributed by atoms with van der Waals surface area (Å²) in [6.07, 6.45) is 9.19. The highest BCUT2D eigenvalue weighted by Gasteiger charge is 2.27. The van der Waals surface area contributed by atoms with Crippen LogP contribution in [0.25, 0.3) is 0 Å². The second-order valence-corrected chi connectivity index (χ2v) is 7.00. The van der Waals surface area contributed by atoms with E-state index in [-0.39, 0.29) is 6.61 Å². The van der Waals surface area contributed by atoms with Crippen molar-refractivity contribution in [3.8, 4) is 0 Å². The van der Waals surface area contributed by atoms with Crippen molar-refractivity contribution in [2.45, 2.75) is 84.8 Å². The maximum atomic E-state index is 9.46. The van der Waals surface area contributed by atoms with Gasteiger partial charge < -0.3 is 9.67 Å². The van der Waals surface area contributed by atoms with E-state index in [9.17, 15) is 5.11 Å². The fourth-order valence-corrected chi connectivity index (χ4v) is 3.53. The van der Waals surface area contributed by atoms with Crippen LogP contribution < -0.4 is 0 Å². The lowest BCUT2D eigenvalue weighted by molar-refractivity contribution is 0.258. The average molecular weight is 293 g/mol. The fourth-order valence-electron chi connectivity index (χ4n) is 3.53. The number of nitrogens with zero attached hydrogens (tertiary/aromatic N) is 3. The molecule has 0 saturated heterocycles. The van der Waals surface area contributed by atoms with Gasteiger partial charge in [0.1, 0.15) is 12.4 Å². The van der Waals surface area contributed by atoms with Crippen molar-refractivity contribution in [3.05, 3.63) is 11.6 Å². The molecular weight excluding hydrogens is 262 g/mol. The number of hydrogen-bond donors (Lipinski definition) is 1. The minimum atomic E-state index is -0.00837. The Morgan fingerprint density at radius 3 is 2.48 bits per heavy atom. The molecule has 0 radical (unpaired) electrons. The van der Waals surface area contributed by atoms with Gasteiger partial charge in [-0.2, -0.15) is 0 Å². The van der Waals surface area contributed by atoms with Crippen LogP contribution in [-0.4, -0.2) is 19.9 Å². The van der Waals surface area contributed by atoms with Crippen molar-refractivity contribution < 1.29 is 5.11 Å². The smallest absolute Gasteiger partial charge is 0.158 e. The van der Waals surface area contributed by atoms with Gasteiger partial charge in [-0.1, -0.05) is 40.0 Å². The molecule has 120 valence electrons. The molecule has 0 amide bonds. The first-order valence-corrected chi connectivity index (χ1v) is 8.68. The largest absolute Gasteiger partial charge is 0.388 e. The van der Waals surface area contributed by atoms with Gasteiger partial charge in [0.25, 0.3) is 0 Å². The van der Waals surface area contributed by atoms with Gasteiger partial charge in [0.2, 0.25) is 0 Å². The Morgan fingerprint density at radius 1 is 1.19 bits per heavy atom. The molecular formula is C17H31N3O. The first kappa shape index (κ1) is 16.5. The second kappa shape index (κ2) is 7.92. The minimum Gasteiger partial charge on any atom is -0.388 e. The molecule has 0 aliphatic heterocycles. The first-order valence-electron chi connectivity index (χ1n) is 8.68. The van der Waals surface area contributed by atoms with Crippen LogP contribution in [0.1, 0.15) is 83.3 Å². The maximum absolute atomic E-state index is 9.46. The second-order valence-electron chi connectivity index (χ2n) is 7.00. The molecule has 0 bridgehead atoms. The zero-order valence-electron chi connectivity index (χ0n) is 13.9. The summed E-state index contributed by atoms with van der Waals surface area (Å²) in [5.74, 6) is 3.84. The Morgan fingerprint density at radius 2 is 1.90 bits per heavy atom. The van der Waals surface area contributed by atoms with Crippen molar-refractivity contribution in [2.24, 2.45) is 11.8 Å². The molecule has 1 N–H and O–H groups in total. The summed E-state index contributed by atoms with van der Waals surface area (Å²) in [6.45, 7) is 7.58. The molecule has 0 spiro atoms. The SMILES string of the molecule is CCCCC1CCC(c2nnc(CO)n2CC(C)C)CC1. The third-order valence-corrected chi connectivity index (χ3v) is 4.72. The fraction of sp³-hybridized carbons (Fsp3) is 0.882. The molecule has 4 nitrogen and oxygen atoms in total. The van der Waals surface area contributed by atoms with Gasteiger partial charge in [0.15, 0.2) is 5.82 Å². The molecule has 1 aromatic rings. The molecule has 0 aromatic carbocycles. The highest BCUT2D eigenvalue weighted by Crippen LogP contribution is 2.37. The molecule has 1 saturated carbocycles. The van der Waals surface area contributed by atoms with E-state index in [1.165, 1.54) is 44.9 Å². The number of aliphatic hydroxyl groups is 1. The van der Waals surface area contributed by atoms with Crippen LogP contribution in [0.5, 0.6) is 0 Å². The van der Waals surface area contributed by atoms with E-state index in [2.05, 4.69) is 35.5 Å². The van der Waals surface area contributed by atoms with Crippen LogP contribution >= 0.6 is 0 Å². The predicted octanol–water partition coefficient (Wildman–Crippen LogP) is 3.89. The summed E-state index contributed by atoms with van der Waals surface area (Å²) < 4.78 is 2.17. The quantitative estimate of drug-likeness (QED) is 0.829. The van der Waals surface area contributed by atoms with Gasteiger partial charge in [-0.05, 0) is 37.5 Å². The van der Waals surface area contributed by atoms with Gasteiger partial charge in [-0.25, -0.2) is 0 Å². The number of aromatic nitrogens is 3. The summed E-state index contributed by atoms with van der Waals surface area (Å²) in [5, 5.41) is 18.1. The maximum Gasteiger partial charge on any atom is 0.158 e. The van der Waals surface area contributed by atoms with E-state index in [1.807, 2.05) is 0 Å². The topological polar surface area (TPSA) is 50.9 Å². The van der Waals surface area contributed by atoms with Crippen LogP contribution in [0.15, 0.2) is 0 Å². The molecule has 1 aliphatic rings.